The van der Waals surface area contributed by atoms with E-state index in [1.54, 1.807) is 7.05 Å². The second kappa shape index (κ2) is 2.54. The van der Waals surface area contributed by atoms with Gasteiger partial charge in [0.05, 0.1) is 0 Å². The maximum atomic E-state index is 11.1. The Morgan fingerprint density at radius 2 is 2.00 bits per heavy atom. The van der Waals surface area contributed by atoms with Gasteiger partial charge in [-0.1, -0.05) is 6.92 Å². The van der Waals surface area contributed by atoms with Crippen LogP contribution in [0, 0.1) is 0 Å². The van der Waals surface area contributed by atoms with E-state index in [1.165, 1.54) is 4.57 Å². The monoisotopic (exact) mass is 216 g/mol. The molecule has 1 aliphatic rings. The predicted molar refractivity (Wildman–Crippen MR) is 49.0 cm³/mol. The first-order chi connectivity index (χ1) is 6.34. The number of primary sulfonamides is 1. The Bertz CT molecular complexity index is 472. The lowest BCUT2D eigenvalue weighted by Gasteiger charge is -2.06. The van der Waals surface area contributed by atoms with Crippen LogP contribution in [0.15, 0.2) is 5.16 Å². The first-order valence-electron chi connectivity index (χ1n) is 4.27. The standard InChI is InChI=1S/C7H12N4O2S/c1-7(3-4-7)5-9-10-6(11(5)2)14(8,12)13/h3-4H2,1-2H3,(H2,8,12,13). The molecule has 2 rings (SSSR count). The summed E-state index contributed by atoms with van der Waals surface area (Å²) >= 11 is 0. The van der Waals surface area contributed by atoms with Gasteiger partial charge in [-0.05, 0) is 12.8 Å². The minimum absolute atomic E-state index is 0.00924. The van der Waals surface area contributed by atoms with E-state index < -0.39 is 10.0 Å². The van der Waals surface area contributed by atoms with Crippen LogP contribution in [-0.2, 0) is 22.5 Å². The van der Waals surface area contributed by atoms with E-state index in [-0.39, 0.29) is 10.6 Å². The summed E-state index contributed by atoms with van der Waals surface area (Å²) in [6.07, 6.45) is 2.03. The van der Waals surface area contributed by atoms with Gasteiger partial charge in [0, 0.05) is 12.5 Å². The third kappa shape index (κ3) is 1.32. The van der Waals surface area contributed by atoms with Crippen LogP contribution < -0.4 is 5.14 Å². The Morgan fingerprint density at radius 1 is 1.43 bits per heavy atom. The van der Waals surface area contributed by atoms with Crippen molar-refractivity contribution in [3.63, 3.8) is 0 Å². The molecule has 0 aliphatic heterocycles. The minimum atomic E-state index is -3.76. The van der Waals surface area contributed by atoms with Gasteiger partial charge >= 0.3 is 0 Å². The van der Waals surface area contributed by atoms with Crippen molar-refractivity contribution in [1.82, 2.24) is 14.8 Å². The van der Waals surface area contributed by atoms with Gasteiger partial charge in [-0.3, -0.25) is 0 Å². The zero-order valence-corrected chi connectivity index (χ0v) is 8.87. The molecule has 1 aromatic heterocycles. The van der Waals surface area contributed by atoms with Crippen molar-refractivity contribution in [3.8, 4) is 0 Å². The summed E-state index contributed by atoms with van der Waals surface area (Å²) in [6.45, 7) is 2.03. The van der Waals surface area contributed by atoms with Crippen molar-refractivity contribution in [2.45, 2.75) is 30.3 Å². The van der Waals surface area contributed by atoms with Gasteiger partial charge in [-0.15, -0.1) is 10.2 Å². The van der Waals surface area contributed by atoms with Crippen LogP contribution in [0.3, 0.4) is 0 Å². The molecule has 6 nitrogen and oxygen atoms in total. The lowest BCUT2D eigenvalue weighted by Crippen LogP contribution is -2.19. The molecule has 0 atom stereocenters. The van der Waals surface area contributed by atoms with Crippen molar-refractivity contribution >= 4 is 10.0 Å². The van der Waals surface area contributed by atoms with Crippen LogP contribution in [-0.4, -0.2) is 23.2 Å². The molecule has 7 heteroatoms. The summed E-state index contributed by atoms with van der Waals surface area (Å²) in [7, 11) is -2.13. The summed E-state index contributed by atoms with van der Waals surface area (Å²) in [5.41, 5.74) is -0.00924. The minimum Gasteiger partial charge on any atom is -0.303 e. The molecular formula is C7H12N4O2S. The Hall–Kier alpha value is -0.950. The van der Waals surface area contributed by atoms with Gasteiger partial charge in [0.15, 0.2) is 0 Å². The molecule has 1 aromatic rings. The van der Waals surface area contributed by atoms with Gasteiger partial charge in [0.2, 0.25) is 0 Å². The van der Waals surface area contributed by atoms with E-state index in [0.29, 0.717) is 5.82 Å². The van der Waals surface area contributed by atoms with E-state index in [2.05, 4.69) is 10.2 Å². The number of nitrogens with zero attached hydrogens (tertiary/aromatic N) is 3. The molecule has 1 fully saturated rings. The lowest BCUT2D eigenvalue weighted by molar-refractivity contribution is 0.572. The van der Waals surface area contributed by atoms with Gasteiger partial charge in [-0.25, -0.2) is 13.6 Å². The summed E-state index contributed by atoms with van der Waals surface area (Å²) < 4.78 is 23.6. The van der Waals surface area contributed by atoms with Crippen molar-refractivity contribution in [2.24, 2.45) is 12.2 Å². The number of hydrogen-bond acceptors (Lipinski definition) is 4. The first-order valence-corrected chi connectivity index (χ1v) is 5.82. The van der Waals surface area contributed by atoms with Crippen molar-refractivity contribution in [1.29, 1.82) is 0 Å². The maximum absolute atomic E-state index is 11.1. The molecule has 0 saturated heterocycles. The Labute approximate surface area is 82.2 Å². The molecule has 0 bridgehead atoms. The van der Waals surface area contributed by atoms with Crippen molar-refractivity contribution < 1.29 is 8.42 Å². The molecule has 0 unspecified atom stereocenters. The van der Waals surface area contributed by atoms with Crippen LogP contribution in [0.2, 0.25) is 0 Å². The van der Waals surface area contributed by atoms with Gasteiger partial charge in [0.25, 0.3) is 15.2 Å². The molecule has 14 heavy (non-hydrogen) atoms. The number of aromatic nitrogens is 3. The number of sulfonamides is 1. The van der Waals surface area contributed by atoms with Crippen LogP contribution in [0.25, 0.3) is 0 Å². The number of nitrogens with two attached hydrogens (primary N) is 1. The maximum Gasteiger partial charge on any atom is 0.273 e. The van der Waals surface area contributed by atoms with E-state index in [4.69, 9.17) is 5.14 Å². The molecule has 1 aliphatic carbocycles. The Morgan fingerprint density at radius 3 is 2.36 bits per heavy atom. The fraction of sp³-hybridized carbons (Fsp3) is 0.714. The van der Waals surface area contributed by atoms with Crippen molar-refractivity contribution in [3.05, 3.63) is 5.82 Å². The highest BCUT2D eigenvalue weighted by molar-refractivity contribution is 7.89. The summed E-state index contributed by atoms with van der Waals surface area (Å²) in [5.74, 6) is 0.696. The molecule has 0 spiro atoms. The highest BCUT2D eigenvalue weighted by Crippen LogP contribution is 2.46. The second-order valence-corrected chi connectivity index (χ2v) is 5.43. The van der Waals surface area contributed by atoms with Gasteiger partial charge in [0.1, 0.15) is 5.82 Å². The number of rotatable bonds is 2. The average Bonchev–Trinajstić information content (AvgIpc) is 2.60. The second-order valence-electron chi connectivity index (χ2n) is 3.97. The lowest BCUT2D eigenvalue weighted by atomic mass is 10.1. The molecule has 0 aromatic carbocycles. The fourth-order valence-corrected chi connectivity index (χ4v) is 2.12. The van der Waals surface area contributed by atoms with Gasteiger partial charge in [-0.2, -0.15) is 0 Å². The quantitative estimate of drug-likeness (QED) is 0.722. The molecule has 2 N–H and O–H groups in total. The molecule has 1 heterocycles. The van der Waals surface area contributed by atoms with Crippen molar-refractivity contribution in [2.75, 3.05) is 0 Å². The summed E-state index contributed by atoms with van der Waals surface area (Å²) in [6, 6.07) is 0. The first kappa shape index (κ1) is 9.60. The Balaban J connectivity index is 2.54. The van der Waals surface area contributed by atoms with Gasteiger partial charge < -0.3 is 4.57 Å². The largest absolute Gasteiger partial charge is 0.303 e. The molecule has 0 radical (unpaired) electrons. The highest BCUT2D eigenvalue weighted by atomic mass is 32.2. The fourth-order valence-electron chi connectivity index (χ4n) is 1.50. The summed E-state index contributed by atoms with van der Waals surface area (Å²) in [4.78, 5) is 0. The average molecular weight is 216 g/mol. The number of hydrogen-bond donors (Lipinski definition) is 1. The van der Waals surface area contributed by atoms with Crippen LogP contribution >= 0.6 is 0 Å². The zero-order chi connectivity index (χ0) is 10.6. The van der Waals surface area contributed by atoms with E-state index >= 15 is 0 Å². The third-order valence-electron chi connectivity index (χ3n) is 2.63. The zero-order valence-electron chi connectivity index (χ0n) is 8.06. The molecule has 1 saturated carbocycles. The van der Waals surface area contributed by atoms with Crippen LogP contribution in [0.4, 0.5) is 0 Å². The van der Waals surface area contributed by atoms with E-state index in [9.17, 15) is 8.42 Å². The summed E-state index contributed by atoms with van der Waals surface area (Å²) in [5, 5.41) is 12.3. The van der Waals surface area contributed by atoms with Crippen LogP contribution in [0.5, 0.6) is 0 Å². The Kier molecular flexibility index (Phi) is 1.74. The predicted octanol–water partition coefficient (Wildman–Crippen LogP) is -0.486. The SMILES string of the molecule is Cn1c(C2(C)CC2)nnc1S(N)(=O)=O. The topological polar surface area (TPSA) is 90.9 Å². The third-order valence-corrected chi connectivity index (χ3v) is 3.49. The molecular weight excluding hydrogens is 204 g/mol. The van der Waals surface area contributed by atoms with Crippen LogP contribution in [0.1, 0.15) is 25.6 Å². The normalized spacial score (nSPS) is 19.6. The molecule has 78 valence electrons. The smallest absolute Gasteiger partial charge is 0.273 e. The van der Waals surface area contributed by atoms with E-state index in [1.807, 2.05) is 6.92 Å². The van der Waals surface area contributed by atoms with E-state index in [0.717, 1.165) is 12.8 Å². The molecule has 0 amide bonds. The highest BCUT2D eigenvalue weighted by Gasteiger charge is 2.44.